The molecule has 0 spiro atoms. The smallest absolute Gasteiger partial charge is 0.254 e. The maximum Gasteiger partial charge on any atom is 0.254 e. The van der Waals surface area contributed by atoms with Crippen LogP contribution in [0.3, 0.4) is 0 Å². The Kier molecular flexibility index (Phi) is 5.13. The largest absolute Gasteiger partial charge is 0.349 e. The first kappa shape index (κ1) is 14.5. The standard InChI is InChI=1S/C16H17ClN2O/c1-12(9-10-13-6-3-2-4-7-13)19-16(20)14-8-5-11-18-15(14)17/h2-8,11-12H,9-10H2,1H3,(H,19,20). The third kappa shape index (κ3) is 4.07. The Morgan fingerprint density at radius 1 is 1.25 bits per heavy atom. The molecule has 2 rings (SSSR count). The normalized spacial score (nSPS) is 11.9. The number of halogens is 1. The van der Waals surface area contributed by atoms with Crippen molar-refractivity contribution in [2.45, 2.75) is 25.8 Å². The first-order valence-corrected chi connectivity index (χ1v) is 7.00. The molecule has 1 aromatic carbocycles. The predicted molar refractivity (Wildman–Crippen MR) is 80.9 cm³/mol. The van der Waals surface area contributed by atoms with Crippen LogP contribution in [-0.4, -0.2) is 16.9 Å². The van der Waals surface area contributed by atoms with E-state index in [1.54, 1.807) is 18.3 Å². The van der Waals surface area contributed by atoms with E-state index in [9.17, 15) is 4.79 Å². The number of nitrogens with one attached hydrogen (secondary N) is 1. The number of amides is 1. The Morgan fingerprint density at radius 2 is 2.00 bits per heavy atom. The van der Waals surface area contributed by atoms with Crippen LogP contribution >= 0.6 is 11.6 Å². The Morgan fingerprint density at radius 3 is 2.70 bits per heavy atom. The fourth-order valence-corrected chi connectivity index (χ4v) is 2.16. The Balaban J connectivity index is 1.87. The van der Waals surface area contributed by atoms with E-state index >= 15 is 0 Å². The highest BCUT2D eigenvalue weighted by Crippen LogP contribution is 2.12. The lowest BCUT2D eigenvalue weighted by molar-refractivity contribution is 0.0938. The molecule has 104 valence electrons. The van der Waals surface area contributed by atoms with Gasteiger partial charge in [0.15, 0.2) is 0 Å². The van der Waals surface area contributed by atoms with Gasteiger partial charge in [-0.05, 0) is 37.5 Å². The molecule has 0 radical (unpaired) electrons. The minimum atomic E-state index is -0.177. The van der Waals surface area contributed by atoms with Gasteiger partial charge in [0.25, 0.3) is 5.91 Å². The number of hydrogen-bond donors (Lipinski definition) is 1. The predicted octanol–water partition coefficient (Wildman–Crippen LogP) is 3.49. The minimum absolute atomic E-state index is 0.0824. The van der Waals surface area contributed by atoms with Crippen LogP contribution < -0.4 is 5.32 Å². The van der Waals surface area contributed by atoms with Crippen molar-refractivity contribution in [2.24, 2.45) is 0 Å². The topological polar surface area (TPSA) is 42.0 Å². The maximum atomic E-state index is 12.1. The van der Waals surface area contributed by atoms with Crippen molar-refractivity contribution in [3.05, 3.63) is 64.9 Å². The van der Waals surface area contributed by atoms with Crippen LogP contribution in [0.1, 0.15) is 29.3 Å². The van der Waals surface area contributed by atoms with Gasteiger partial charge >= 0.3 is 0 Å². The van der Waals surface area contributed by atoms with E-state index < -0.39 is 0 Å². The van der Waals surface area contributed by atoms with Crippen molar-refractivity contribution >= 4 is 17.5 Å². The first-order valence-electron chi connectivity index (χ1n) is 6.62. The second-order valence-corrected chi connectivity index (χ2v) is 5.10. The summed E-state index contributed by atoms with van der Waals surface area (Å²) in [6.07, 6.45) is 3.38. The number of hydrogen-bond acceptors (Lipinski definition) is 2. The molecule has 1 N–H and O–H groups in total. The maximum absolute atomic E-state index is 12.1. The van der Waals surface area contributed by atoms with E-state index in [4.69, 9.17) is 11.6 Å². The van der Waals surface area contributed by atoms with E-state index in [1.165, 1.54) is 5.56 Å². The summed E-state index contributed by atoms with van der Waals surface area (Å²) in [5, 5.41) is 3.18. The van der Waals surface area contributed by atoms with E-state index in [0.29, 0.717) is 5.56 Å². The highest BCUT2D eigenvalue weighted by atomic mass is 35.5. The summed E-state index contributed by atoms with van der Waals surface area (Å²) in [6, 6.07) is 13.7. The lowest BCUT2D eigenvalue weighted by Crippen LogP contribution is -2.33. The van der Waals surface area contributed by atoms with Crippen LogP contribution in [-0.2, 0) is 6.42 Å². The molecular weight excluding hydrogens is 272 g/mol. The third-order valence-corrected chi connectivity index (χ3v) is 3.39. The van der Waals surface area contributed by atoms with Crippen LogP contribution in [0, 0.1) is 0 Å². The first-order chi connectivity index (χ1) is 9.66. The van der Waals surface area contributed by atoms with Crippen LogP contribution in [0.2, 0.25) is 5.15 Å². The fourth-order valence-electron chi connectivity index (χ4n) is 1.96. The summed E-state index contributed by atoms with van der Waals surface area (Å²) in [6.45, 7) is 1.99. The summed E-state index contributed by atoms with van der Waals surface area (Å²) < 4.78 is 0. The van der Waals surface area contributed by atoms with Crippen LogP contribution in [0.15, 0.2) is 48.7 Å². The fraction of sp³-hybridized carbons (Fsp3) is 0.250. The monoisotopic (exact) mass is 288 g/mol. The summed E-state index contributed by atoms with van der Waals surface area (Å²) in [5.74, 6) is -0.177. The number of aromatic nitrogens is 1. The second kappa shape index (κ2) is 7.06. The van der Waals surface area contributed by atoms with Crippen LogP contribution in [0.4, 0.5) is 0 Å². The van der Waals surface area contributed by atoms with E-state index in [1.807, 2.05) is 25.1 Å². The average molecular weight is 289 g/mol. The number of carbonyl (C=O) groups is 1. The second-order valence-electron chi connectivity index (χ2n) is 4.74. The van der Waals surface area contributed by atoms with Crippen molar-refractivity contribution in [3.8, 4) is 0 Å². The Hall–Kier alpha value is -1.87. The van der Waals surface area contributed by atoms with Crippen molar-refractivity contribution < 1.29 is 4.79 Å². The Labute approximate surface area is 124 Å². The summed E-state index contributed by atoms with van der Waals surface area (Å²) >= 11 is 5.90. The highest BCUT2D eigenvalue weighted by molar-refractivity contribution is 6.32. The zero-order chi connectivity index (χ0) is 14.4. The molecule has 0 aliphatic carbocycles. The highest BCUT2D eigenvalue weighted by Gasteiger charge is 2.13. The van der Waals surface area contributed by atoms with Gasteiger partial charge in [0, 0.05) is 12.2 Å². The molecule has 1 unspecified atom stereocenters. The van der Waals surface area contributed by atoms with Gasteiger partial charge in [-0.25, -0.2) is 4.98 Å². The zero-order valence-corrected chi connectivity index (χ0v) is 12.1. The third-order valence-electron chi connectivity index (χ3n) is 3.09. The molecule has 2 aromatic rings. The molecule has 0 bridgehead atoms. The van der Waals surface area contributed by atoms with Crippen molar-refractivity contribution in [1.82, 2.24) is 10.3 Å². The molecule has 1 aromatic heterocycles. The van der Waals surface area contributed by atoms with Crippen molar-refractivity contribution in [2.75, 3.05) is 0 Å². The molecule has 4 heteroatoms. The quantitative estimate of drug-likeness (QED) is 0.856. The molecule has 3 nitrogen and oxygen atoms in total. The van der Waals surface area contributed by atoms with Gasteiger partial charge in [-0.1, -0.05) is 41.9 Å². The molecule has 20 heavy (non-hydrogen) atoms. The van der Waals surface area contributed by atoms with Gasteiger partial charge in [-0.15, -0.1) is 0 Å². The molecular formula is C16H17ClN2O. The number of benzene rings is 1. The van der Waals surface area contributed by atoms with Crippen molar-refractivity contribution in [1.29, 1.82) is 0 Å². The molecule has 0 saturated heterocycles. The molecule has 0 aliphatic heterocycles. The number of nitrogens with zero attached hydrogens (tertiary/aromatic N) is 1. The molecule has 1 amide bonds. The lowest BCUT2D eigenvalue weighted by atomic mass is 10.1. The summed E-state index contributed by atoms with van der Waals surface area (Å²) in [7, 11) is 0. The number of rotatable bonds is 5. The average Bonchev–Trinajstić information content (AvgIpc) is 2.46. The summed E-state index contributed by atoms with van der Waals surface area (Å²) in [5.41, 5.74) is 1.69. The van der Waals surface area contributed by atoms with E-state index in [-0.39, 0.29) is 17.1 Å². The van der Waals surface area contributed by atoms with Gasteiger partial charge in [-0.2, -0.15) is 0 Å². The Bertz CT molecular complexity index is 572. The summed E-state index contributed by atoms with van der Waals surface area (Å²) in [4.78, 5) is 16.0. The van der Waals surface area contributed by atoms with Gasteiger partial charge < -0.3 is 5.32 Å². The minimum Gasteiger partial charge on any atom is -0.349 e. The van der Waals surface area contributed by atoms with Crippen LogP contribution in [0.5, 0.6) is 0 Å². The number of carbonyl (C=O) groups excluding carboxylic acids is 1. The van der Waals surface area contributed by atoms with Gasteiger partial charge in [0.1, 0.15) is 5.15 Å². The van der Waals surface area contributed by atoms with E-state index in [2.05, 4.69) is 22.4 Å². The number of aryl methyl sites for hydroxylation is 1. The molecule has 1 atom stereocenters. The van der Waals surface area contributed by atoms with Gasteiger partial charge in [-0.3, -0.25) is 4.79 Å². The van der Waals surface area contributed by atoms with E-state index in [0.717, 1.165) is 12.8 Å². The van der Waals surface area contributed by atoms with Gasteiger partial charge in [0.05, 0.1) is 5.56 Å². The zero-order valence-electron chi connectivity index (χ0n) is 11.3. The van der Waals surface area contributed by atoms with Crippen LogP contribution in [0.25, 0.3) is 0 Å². The lowest BCUT2D eigenvalue weighted by Gasteiger charge is -2.14. The molecule has 1 heterocycles. The van der Waals surface area contributed by atoms with Crippen molar-refractivity contribution in [3.63, 3.8) is 0 Å². The number of pyridine rings is 1. The molecule has 0 fully saturated rings. The SMILES string of the molecule is CC(CCc1ccccc1)NC(=O)c1cccnc1Cl. The molecule has 0 aliphatic rings. The molecule has 0 saturated carbocycles. The van der Waals surface area contributed by atoms with Gasteiger partial charge in [0.2, 0.25) is 0 Å².